The van der Waals surface area contributed by atoms with E-state index >= 15 is 0 Å². The fourth-order valence-electron chi connectivity index (χ4n) is 3.34. The van der Waals surface area contributed by atoms with Crippen molar-refractivity contribution in [2.45, 2.75) is 64.3 Å². The van der Waals surface area contributed by atoms with E-state index in [1.165, 1.54) is 38.5 Å². The summed E-state index contributed by atoms with van der Waals surface area (Å²) in [6.07, 6.45) is 9.93. The highest BCUT2D eigenvalue weighted by Crippen LogP contribution is 2.41. The second kappa shape index (κ2) is 4.43. The van der Waals surface area contributed by atoms with Gasteiger partial charge in [0.1, 0.15) is 0 Å². The van der Waals surface area contributed by atoms with E-state index in [1.54, 1.807) is 0 Å². The van der Waals surface area contributed by atoms with Gasteiger partial charge in [0.25, 0.3) is 5.91 Å². The molecule has 2 aliphatic carbocycles. The van der Waals surface area contributed by atoms with Crippen molar-refractivity contribution >= 4 is 11.6 Å². The number of amides is 1. The van der Waals surface area contributed by atoms with Crippen LogP contribution in [-0.4, -0.2) is 22.7 Å². The molecule has 1 heterocycles. The first-order valence-corrected chi connectivity index (χ1v) is 7.15. The quantitative estimate of drug-likeness (QED) is 0.676. The number of rotatable bonds is 2. The Morgan fingerprint density at radius 1 is 1.06 bits per heavy atom. The number of hydrogen-bond donors (Lipinski definition) is 0. The zero-order chi connectivity index (χ0) is 11.8. The number of carbonyl (C=O) groups is 1. The first kappa shape index (κ1) is 11.2. The lowest BCUT2D eigenvalue weighted by molar-refractivity contribution is -0.134. The summed E-state index contributed by atoms with van der Waals surface area (Å²) < 4.78 is 0. The van der Waals surface area contributed by atoms with E-state index in [0.717, 1.165) is 18.6 Å². The molecule has 0 N–H and O–H groups in total. The van der Waals surface area contributed by atoms with E-state index in [9.17, 15) is 4.79 Å². The molecule has 3 nitrogen and oxygen atoms in total. The van der Waals surface area contributed by atoms with Crippen LogP contribution < -0.4 is 0 Å². The van der Waals surface area contributed by atoms with Gasteiger partial charge in [-0.3, -0.25) is 4.79 Å². The van der Waals surface area contributed by atoms with Gasteiger partial charge >= 0.3 is 0 Å². The molecule has 17 heavy (non-hydrogen) atoms. The Bertz CT molecular complexity index is 338. The van der Waals surface area contributed by atoms with Crippen LogP contribution in [0.15, 0.2) is 5.10 Å². The first-order valence-electron chi connectivity index (χ1n) is 7.15. The van der Waals surface area contributed by atoms with Gasteiger partial charge in [-0.2, -0.15) is 5.10 Å². The zero-order valence-electron chi connectivity index (χ0n) is 10.7. The molecular formula is C14H22N2O. The molecule has 1 amide bonds. The largest absolute Gasteiger partial charge is 0.272 e. The average molecular weight is 234 g/mol. The Morgan fingerprint density at radius 3 is 2.29 bits per heavy atom. The third-order valence-electron chi connectivity index (χ3n) is 4.47. The second-order valence-electron chi connectivity index (χ2n) is 5.88. The van der Waals surface area contributed by atoms with Crippen LogP contribution in [0.1, 0.15) is 58.3 Å². The average Bonchev–Trinajstić information content (AvgIpc) is 3.10. The maximum Gasteiger partial charge on any atom is 0.252 e. The van der Waals surface area contributed by atoms with E-state index in [2.05, 4.69) is 5.10 Å². The molecule has 0 bridgehead atoms. The Labute approximate surface area is 103 Å². The van der Waals surface area contributed by atoms with E-state index in [4.69, 9.17) is 0 Å². The molecule has 0 aromatic rings. The van der Waals surface area contributed by atoms with Gasteiger partial charge in [0, 0.05) is 5.71 Å². The highest BCUT2D eigenvalue weighted by molar-refractivity contribution is 6.07. The number of hydrazone groups is 1. The zero-order valence-corrected chi connectivity index (χ0v) is 10.7. The second-order valence-corrected chi connectivity index (χ2v) is 5.88. The minimum atomic E-state index is 0.137. The summed E-state index contributed by atoms with van der Waals surface area (Å²) in [6, 6.07) is 0.392. The molecule has 0 aromatic carbocycles. The molecule has 3 heteroatoms. The van der Waals surface area contributed by atoms with Crippen LogP contribution >= 0.6 is 0 Å². The molecule has 3 aliphatic rings. The van der Waals surface area contributed by atoms with Crippen molar-refractivity contribution in [1.29, 1.82) is 0 Å². The third-order valence-corrected chi connectivity index (χ3v) is 4.47. The minimum Gasteiger partial charge on any atom is -0.272 e. The normalized spacial score (nSPS) is 31.6. The molecule has 3 rings (SSSR count). The summed E-state index contributed by atoms with van der Waals surface area (Å²) in [5.74, 6) is 1.05. The van der Waals surface area contributed by atoms with Crippen LogP contribution in [-0.2, 0) is 4.79 Å². The monoisotopic (exact) mass is 234 g/mol. The highest BCUT2D eigenvalue weighted by atomic mass is 16.2. The van der Waals surface area contributed by atoms with Crippen LogP contribution in [0, 0.1) is 11.8 Å². The van der Waals surface area contributed by atoms with Gasteiger partial charge in [-0.1, -0.05) is 25.7 Å². The summed E-state index contributed by atoms with van der Waals surface area (Å²) in [5.41, 5.74) is 1.07. The van der Waals surface area contributed by atoms with Crippen molar-refractivity contribution < 1.29 is 4.79 Å². The molecule has 0 radical (unpaired) electrons. The van der Waals surface area contributed by atoms with Crippen LogP contribution in [0.3, 0.4) is 0 Å². The van der Waals surface area contributed by atoms with E-state index in [0.29, 0.717) is 17.9 Å². The third kappa shape index (κ3) is 2.12. The topological polar surface area (TPSA) is 32.7 Å². The van der Waals surface area contributed by atoms with E-state index in [1.807, 2.05) is 11.9 Å². The standard InChI is InChI=1S/C14H22N2O/c1-10-13(11-8-9-11)14(17)16(15-10)12-6-4-2-3-5-7-12/h11-13H,2-9H2,1H3. The number of hydrogen-bond acceptors (Lipinski definition) is 2. The van der Waals surface area contributed by atoms with Gasteiger partial charge in [-0.05, 0) is 38.5 Å². The molecule has 0 saturated heterocycles. The van der Waals surface area contributed by atoms with Crippen LogP contribution in [0.4, 0.5) is 0 Å². The van der Waals surface area contributed by atoms with Gasteiger partial charge in [-0.25, -0.2) is 5.01 Å². The predicted octanol–water partition coefficient (Wildman–Crippen LogP) is 2.95. The Kier molecular flexibility index (Phi) is 2.93. The first-order chi connectivity index (χ1) is 8.27. The van der Waals surface area contributed by atoms with Gasteiger partial charge in [0.05, 0.1) is 12.0 Å². The Balaban J connectivity index is 1.72. The van der Waals surface area contributed by atoms with Crippen molar-refractivity contribution in [3.8, 4) is 0 Å². The lowest BCUT2D eigenvalue weighted by Crippen LogP contribution is -2.36. The summed E-state index contributed by atoms with van der Waals surface area (Å²) in [5, 5.41) is 6.43. The minimum absolute atomic E-state index is 0.137. The summed E-state index contributed by atoms with van der Waals surface area (Å²) in [7, 11) is 0. The fraction of sp³-hybridized carbons (Fsp3) is 0.857. The van der Waals surface area contributed by atoms with Crippen LogP contribution in [0.25, 0.3) is 0 Å². The molecule has 94 valence electrons. The van der Waals surface area contributed by atoms with Crippen molar-refractivity contribution in [2.75, 3.05) is 0 Å². The molecule has 1 atom stereocenters. The highest BCUT2D eigenvalue weighted by Gasteiger charge is 2.45. The Hall–Kier alpha value is -0.860. The summed E-state index contributed by atoms with van der Waals surface area (Å²) >= 11 is 0. The lowest BCUT2D eigenvalue weighted by Gasteiger charge is -2.24. The Morgan fingerprint density at radius 2 is 1.71 bits per heavy atom. The van der Waals surface area contributed by atoms with Gasteiger partial charge in [0.2, 0.25) is 0 Å². The van der Waals surface area contributed by atoms with Crippen molar-refractivity contribution in [3.05, 3.63) is 0 Å². The molecule has 2 fully saturated rings. The number of nitrogens with zero attached hydrogens (tertiary/aromatic N) is 2. The molecular weight excluding hydrogens is 212 g/mol. The molecule has 0 spiro atoms. The van der Waals surface area contributed by atoms with E-state index in [-0.39, 0.29) is 5.92 Å². The number of carbonyl (C=O) groups excluding carboxylic acids is 1. The lowest BCUT2D eigenvalue weighted by atomic mass is 9.98. The van der Waals surface area contributed by atoms with Gasteiger partial charge < -0.3 is 0 Å². The maximum atomic E-state index is 12.4. The van der Waals surface area contributed by atoms with Gasteiger partial charge in [0.15, 0.2) is 0 Å². The van der Waals surface area contributed by atoms with E-state index < -0.39 is 0 Å². The van der Waals surface area contributed by atoms with Crippen LogP contribution in [0.2, 0.25) is 0 Å². The summed E-state index contributed by atoms with van der Waals surface area (Å²) in [4.78, 5) is 12.4. The maximum absolute atomic E-state index is 12.4. The summed E-state index contributed by atoms with van der Waals surface area (Å²) in [6.45, 7) is 2.04. The van der Waals surface area contributed by atoms with Crippen LogP contribution in [0.5, 0.6) is 0 Å². The predicted molar refractivity (Wildman–Crippen MR) is 67.7 cm³/mol. The fourth-order valence-corrected chi connectivity index (χ4v) is 3.34. The van der Waals surface area contributed by atoms with Crippen molar-refractivity contribution in [2.24, 2.45) is 16.9 Å². The SMILES string of the molecule is CC1=NN(C2CCCCCC2)C(=O)C1C1CC1. The molecule has 1 unspecified atom stereocenters. The molecule has 0 aromatic heterocycles. The van der Waals surface area contributed by atoms with Crippen molar-refractivity contribution in [3.63, 3.8) is 0 Å². The molecule has 2 saturated carbocycles. The smallest absolute Gasteiger partial charge is 0.252 e. The molecule has 1 aliphatic heterocycles. The van der Waals surface area contributed by atoms with Crippen molar-refractivity contribution in [1.82, 2.24) is 5.01 Å². The van der Waals surface area contributed by atoms with Gasteiger partial charge in [-0.15, -0.1) is 0 Å².